The summed E-state index contributed by atoms with van der Waals surface area (Å²) < 4.78 is 13.5. The first-order chi connectivity index (χ1) is 12.9. The van der Waals surface area contributed by atoms with Crippen molar-refractivity contribution in [3.8, 4) is 0 Å². The molecule has 0 spiro atoms. The van der Waals surface area contributed by atoms with Crippen molar-refractivity contribution >= 4 is 30.9 Å². The second kappa shape index (κ2) is 8.11. The van der Waals surface area contributed by atoms with Crippen molar-refractivity contribution in [3.05, 3.63) is 46.5 Å². The second-order valence-corrected chi connectivity index (χ2v) is 9.62. The second-order valence-electron chi connectivity index (χ2n) is 6.61. The van der Waals surface area contributed by atoms with Crippen LogP contribution in [0.1, 0.15) is 30.7 Å². The highest BCUT2D eigenvalue weighted by Gasteiger charge is 2.25. The normalized spacial score (nSPS) is 16.0. The van der Waals surface area contributed by atoms with E-state index in [-0.39, 0.29) is 5.91 Å². The summed E-state index contributed by atoms with van der Waals surface area (Å²) in [6.07, 6.45) is 4.62. The third kappa shape index (κ3) is 4.49. The fraction of sp³-hybridized carbons (Fsp3) is 0.368. The molecule has 7 nitrogen and oxygen atoms in total. The SMILES string of the molecule is CCNP(=O)(CC)/C(=C/c1ccc2c(c1)CC(=O)N2)CNc1ncc(C)[nH]1. The minimum Gasteiger partial charge on any atom is -0.352 e. The average Bonchev–Trinajstić information content (AvgIpc) is 3.22. The molecule has 1 aromatic carbocycles. The number of rotatable bonds is 8. The van der Waals surface area contributed by atoms with E-state index in [9.17, 15) is 9.36 Å². The van der Waals surface area contributed by atoms with Crippen LogP contribution in [0.25, 0.3) is 6.08 Å². The summed E-state index contributed by atoms with van der Waals surface area (Å²) >= 11 is 0. The first-order valence-electron chi connectivity index (χ1n) is 9.17. The Bertz CT molecular complexity index is 919. The first kappa shape index (κ1) is 19.4. The number of anilines is 2. The van der Waals surface area contributed by atoms with Gasteiger partial charge >= 0.3 is 0 Å². The molecule has 2 aromatic rings. The summed E-state index contributed by atoms with van der Waals surface area (Å²) in [6.45, 7) is 6.87. The van der Waals surface area contributed by atoms with Crippen LogP contribution in [0.15, 0.2) is 29.7 Å². The van der Waals surface area contributed by atoms with E-state index in [1.165, 1.54) is 0 Å². The maximum Gasteiger partial charge on any atom is 0.228 e. The van der Waals surface area contributed by atoms with Gasteiger partial charge in [0.1, 0.15) is 0 Å². The molecule has 0 radical (unpaired) electrons. The Kier molecular flexibility index (Phi) is 5.82. The van der Waals surface area contributed by atoms with Crippen molar-refractivity contribution in [2.45, 2.75) is 27.2 Å². The minimum absolute atomic E-state index is 0.00749. The highest BCUT2D eigenvalue weighted by atomic mass is 31.2. The van der Waals surface area contributed by atoms with E-state index < -0.39 is 7.29 Å². The van der Waals surface area contributed by atoms with Gasteiger partial charge in [0.25, 0.3) is 0 Å². The predicted octanol–water partition coefficient (Wildman–Crippen LogP) is 3.57. The summed E-state index contributed by atoms with van der Waals surface area (Å²) in [7, 11) is -2.71. The van der Waals surface area contributed by atoms with Crippen molar-refractivity contribution in [1.82, 2.24) is 15.1 Å². The number of benzene rings is 1. The first-order valence-corrected chi connectivity index (χ1v) is 11.1. The van der Waals surface area contributed by atoms with Crippen molar-refractivity contribution in [2.24, 2.45) is 0 Å². The lowest BCUT2D eigenvalue weighted by atomic mass is 10.1. The molecule has 4 N–H and O–H groups in total. The van der Waals surface area contributed by atoms with E-state index in [0.29, 0.717) is 31.6 Å². The lowest BCUT2D eigenvalue weighted by molar-refractivity contribution is -0.115. The molecule has 0 bridgehead atoms. The molecule has 27 heavy (non-hydrogen) atoms. The van der Waals surface area contributed by atoms with Crippen LogP contribution in [0.3, 0.4) is 0 Å². The predicted molar refractivity (Wildman–Crippen MR) is 110 cm³/mol. The molecule has 144 valence electrons. The summed E-state index contributed by atoms with van der Waals surface area (Å²) in [5.74, 6) is 0.661. The maximum absolute atomic E-state index is 13.5. The summed E-state index contributed by atoms with van der Waals surface area (Å²) in [5, 5.41) is 10.1. The van der Waals surface area contributed by atoms with Gasteiger partial charge in [-0.05, 0) is 42.8 Å². The van der Waals surface area contributed by atoms with Crippen LogP contribution >= 0.6 is 7.29 Å². The molecule has 2 heterocycles. The molecule has 1 atom stereocenters. The Balaban J connectivity index is 1.90. The van der Waals surface area contributed by atoms with Gasteiger partial charge in [-0.1, -0.05) is 19.9 Å². The fourth-order valence-electron chi connectivity index (χ4n) is 3.16. The molecule has 0 saturated heterocycles. The fourth-order valence-corrected chi connectivity index (χ4v) is 5.20. The van der Waals surface area contributed by atoms with Crippen LogP contribution < -0.4 is 15.7 Å². The van der Waals surface area contributed by atoms with Gasteiger partial charge in [0.05, 0.1) is 6.42 Å². The zero-order valence-corrected chi connectivity index (χ0v) is 16.8. The highest BCUT2D eigenvalue weighted by Crippen LogP contribution is 2.50. The minimum atomic E-state index is -2.71. The van der Waals surface area contributed by atoms with Gasteiger partial charge in [-0.25, -0.2) is 4.98 Å². The van der Waals surface area contributed by atoms with Crippen molar-refractivity contribution in [1.29, 1.82) is 0 Å². The Hall–Kier alpha value is -2.37. The number of carbonyl (C=O) groups is 1. The number of nitrogens with one attached hydrogen (secondary N) is 4. The molecule has 1 aliphatic rings. The molecule has 0 saturated carbocycles. The van der Waals surface area contributed by atoms with Gasteiger partial charge in [0.15, 0.2) is 7.29 Å². The number of hydrogen-bond acceptors (Lipinski definition) is 4. The lowest BCUT2D eigenvalue weighted by Gasteiger charge is -2.21. The zero-order chi connectivity index (χ0) is 19.4. The number of fused-ring (bicyclic) bond motifs is 1. The van der Waals surface area contributed by atoms with E-state index >= 15 is 0 Å². The molecule has 3 rings (SSSR count). The maximum atomic E-state index is 13.5. The number of aromatic amines is 1. The molecule has 1 aliphatic heterocycles. The molecule has 0 aliphatic carbocycles. The number of imidazole rings is 1. The van der Waals surface area contributed by atoms with Crippen LogP contribution in [0.4, 0.5) is 11.6 Å². The number of aryl methyl sites for hydroxylation is 1. The Morgan fingerprint density at radius 3 is 2.85 bits per heavy atom. The van der Waals surface area contributed by atoms with Crippen molar-refractivity contribution in [2.75, 3.05) is 29.9 Å². The lowest BCUT2D eigenvalue weighted by Crippen LogP contribution is -2.17. The largest absolute Gasteiger partial charge is 0.352 e. The zero-order valence-electron chi connectivity index (χ0n) is 15.9. The average molecular weight is 387 g/mol. The number of H-pyrrole nitrogens is 1. The highest BCUT2D eigenvalue weighted by molar-refractivity contribution is 7.66. The van der Waals surface area contributed by atoms with Gasteiger partial charge < -0.3 is 20.2 Å². The monoisotopic (exact) mass is 387 g/mol. The molecular weight excluding hydrogens is 361 g/mol. The Morgan fingerprint density at radius 2 is 2.19 bits per heavy atom. The van der Waals surface area contributed by atoms with Crippen LogP contribution in [-0.2, 0) is 15.8 Å². The van der Waals surface area contributed by atoms with Gasteiger partial charge in [0.2, 0.25) is 11.9 Å². The van der Waals surface area contributed by atoms with Crippen LogP contribution in [-0.4, -0.2) is 35.1 Å². The van der Waals surface area contributed by atoms with E-state index in [0.717, 1.165) is 27.8 Å². The number of amides is 1. The van der Waals surface area contributed by atoms with Crippen molar-refractivity contribution < 1.29 is 9.36 Å². The smallest absolute Gasteiger partial charge is 0.228 e. The number of nitrogens with zero attached hydrogens (tertiary/aromatic N) is 1. The molecule has 1 amide bonds. The number of carbonyl (C=O) groups excluding carboxylic acids is 1. The van der Waals surface area contributed by atoms with E-state index in [1.807, 2.05) is 45.0 Å². The number of hydrogen-bond donors (Lipinski definition) is 4. The van der Waals surface area contributed by atoms with E-state index in [4.69, 9.17) is 0 Å². The Labute approximate surface area is 159 Å². The van der Waals surface area contributed by atoms with Crippen LogP contribution in [0.2, 0.25) is 0 Å². The summed E-state index contributed by atoms with van der Waals surface area (Å²) in [6, 6.07) is 5.82. The van der Waals surface area contributed by atoms with Gasteiger partial charge in [-0.15, -0.1) is 0 Å². The van der Waals surface area contributed by atoms with Crippen LogP contribution in [0.5, 0.6) is 0 Å². The quantitative estimate of drug-likeness (QED) is 0.519. The van der Waals surface area contributed by atoms with Crippen LogP contribution in [0, 0.1) is 6.92 Å². The van der Waals surface area contributed by atoms with Gasteiger partial charge in [-0.2, -0.15) is 0 Å². The van der Waals surface area contributed by atoms with E-state index in [2.05, 4.69) is 25.7 Å². The van der Waals surface area contributed by atoms with E-state index in [1.54, 1.807) is 6.20 Å². The molecule has 0 fully saturated rings. The Morgan fingerprint density at radius 1 is 1.37 bits per heavy atom. The topological polar surface area (TPSA) is 98.9 Å². The van der Waals surface area contributed by atoms with Crippen molar-refractivity contribution in [3.63, 3.8) is 0 Å². The molecule has 1 aromatic heterocycles. The van der Waals surface area contributed by atoms with Gasteiger partial charge in [-0.3, -0.25) is 9.88 Å². The number of aromatic nitrogens is 2. The molecule has 1 unspecified atom stereocenters. The summed E-state index contributed by atoms with van der Waals surface area (Å²) in [4.78, 5) is 19.0. The third-order valence-electron chi connectivity index (χ3n) is 4.55. The van der Waals surface area contributed by atoms with Gasteiger partial charge in [0, 0.05) is 35.6 Å². The third-order valence-corrected chi connectivity index (χ3v) is 7.48. The summed E-state index contributed by atoms with van der Waals surface area (Å²) in [5.41, 5.74) is 3.72. The molecule has 8 heteroatoms. The standard InChI is InChI=1S/C19H26N5O2P/c1-4-22-27(26,5-2)16(12-21-19-20-11-13(3)23-19)9-14-6-7-17-15(8-14)10-18(25)24-17/h6-9,11H,4-5,10,12H2,1-3H3,(H,22,26)(H,24,25)(H2,20,21,23)/b16-9+. The molecular formula is C19H26N5O2P.